The first kappa shape index (κ1) is 12.5. The molecule has 0 saturated carbocycles. The number of ether oxygens (including phenoxy) is 1. The molecule has 0 bridgehead atoms. The van der Waals surface area contributed by atoms with E-state index in [9.17, 15) is 4.79 Å². The van der Waals surface area contributed by atoms with Gasteiger partial charge in [0.15, 0.2) is 0 Å². The predicted molar refractivity (Wildman–Crippen MR) is 59.5 cm³/mol. The summed E-state index contributed by atoms with van der Waals surface area (Å²) in [5.41, 5.74) is 5.05. The summed E-state index contributed by atoms with van der Waals surface area (Å²) in [4.78, 5) is 10.5. The van der Waals surface area contributed by atoms with E-state index in [1.165, 1.54) is 12.8 Å². The highest BCUT2D eigenvalue weighted by molar-refractivity contribution is 5.73. The highest BCUT2D eigenvalue weighted by atomic mass is 16.5. The molecule has 0 spiro atoms. The number of hydrogen-bond donors (Lipinski definition) is 2. The topological polar surface area (TPSA) is 64.4 Å². The van der Waals surface area contributed by atoms with Crippen LogP contribution in [0.5, 0.6) is 0 Å². The number of nitrogens with one attached hydrogen (secondary N) is 1. The number of unbranched alkanes of at least 4 members (excludes halogenated alkanes) is 1. The Morgan fingerprint density at radius 3 is 3.00 bits per heavy atom. The van der Waals surface area contributed by atoms with E-state index < -0.39 is 0 Å². The second-order valence-electron chi connectivity index (χ2n) is 4.21. The molecule has 3 N–H and O–H groups in total. The van der Waals surface area contributed by atoms with Gasteiger partial charge in [0.25, 0.3) is 0 Å². The number of hydrogen-bond acceptors (Lipinski definition) is 3. The maximum absolute atomic E-state index is 10.5. The van der Waals surface area contributed by atoms with E-state index in [4.69, 9.17) is 10.5 Å². The molecule has 1 aliphatic heterocycles. The lowest BCUT2D eigenvalue weighted by atomic mass is 10.0. The molecule has 1 aliphatic rings. The average Bonchev–Trinajstić information content (AvgIpc) is 2.24. The van der Waals surface area contributed by atoms with Crippen LogP contribution in [0.3, 0.4) is 0 Å². The van der Waals surface area contributed by atoms with Crippen LogP contribution < -0.4 is 11.1 Å². The van der Waals surface area contributed by atoms with E-state index in [2.05, 4.69) is 5.32 Å². The fourth-order valence-corrected chi connectivity index (χ4v) is 1.82. The van der Waals surface area contributed by atoms with Crippen molar-refractivity contribution < 1.29 is 9.53 Å². The first-order valence-corrected chi connectivity index (χ1v) is 5.86. The lowest BCUT2D eigenvalue weighted by Gasteiger charge is -2.22. The zero-order valence-corrected chi connectivity index (χ0v) is 9.34. The number of nitrogens with two attached hydrogens (primary N) is 1. The van der Waals surface area contributed by atoms with E-state index in [1.807, 2.05) is 0 Å². The third-order valence-electron chi connectivity index (χ3n) is 2.71. The average molecular weight is 214 g/mol. The van der Waals surface area contributed by atoms with Crippen LogP contribution in [0.25, 0.3) is 0 Å². The van der Waals surface area contributed by atoms with Crippen molar-refractivity contribution in [1.82, 2.24) is 5.32 Å². The summed E-state index contributed by atoms with van der Waals surface area (Å²) in [6, 6.07) is 0. The van der Waals surface area contributed by atoms with Crippen LogP contribution in [0.2, 0.25) is 0 Å². The minimum atomic E-state index is -0.198. The standard InChI is InChI=1S/C11H22N2O2/c12-11(14)5-1-2-6-13-8-10-4-3-7-15-9-10/h10,13H,1-9H2,(H2,12,14). The van der Waals surface area contributed by atoms with Crippen molar-refractivity contribution in [3.63, 3.8) is 0 Å². The predicted octanol–water partition coefficient (Wildman–Crippen LogP) is 0.658. The minimum absolute atomic E-state index is 0.198. The summed E-state index contributed by atoms with van der Waals surface area (Å²) in [6.45, 7) is 3.84. The molecule has 0 aromatic carbocycles. The van der Waals surface area contributed by atoms with E-state index in [0.29, 0.717) is 12.3 Å². The lowest BCUT2D eigenvalue weighted by molar-refractivity contribution is -0.118. The molecule has 15 heavy (non-hydrogen) atoms. The van der Waals surface area contributed by atoms with Gasteiger partial charge in [-0.05, 0) is 38.1 Å². The van der Waals surface area contributed by atoms with Gasteiger partial charge in [-0.25, -0.2) is 0 Å². The fraction of sp³-hybridized carbons (Fsp3) is 0.909. The number of carbonyl (C=O) groups is 1. The van der Waals surface area contributed by atoms with E-state index in [1.54, 1.807) is 0 Å². The molecule has 4 nitrogen and oxygen atoms in total. The van der Waals surface area contributed by atoms with Crippen LogP contribution in [0.4, 0.5) is 0 Å². The van der Waals surface area contributed by atoms with Crippen molar-refractivity contribution in [3.8, 4) is 0 Å². The van der Waals surface area contributed by atoms with Crippen molar-refractivity contribution in [2.24, 2.45) is 11.7 Å². The molecule has 0 aliphatic carbocycles. The summed E-state index contributed by atoms with van der Waals surface area (Å²) in [7, 11) is 0. The van der Waals surface area contributed by atoms with Gasteiger partial charge in [0.1, 0.15) is 0 Å². The second-order valence-corrected chi connectivity index (χ2v) is 4.21. The lowest BCUT2D eigenvalue weighted by Crippen LogP contribution is -2.29. The van der Waals surface area contributed by atoms with Gasteiger partial charge in [0.2, 0.25) is 5.91 Å². The van der Waals surface area contributed by atoms with Crippen molar-refractivity contribution in [2.75, 3.05) is 26.3 Å². The summed E-state index contributed by atoms with van der Waals surface area (Å²) in [6.07, 6.45) is 4.89. The minimum Gasteiger partial charge on any atom is -0.381 e. The van der Waals surface area contributed by atoms with Gasteiger partial charge in [0, 0.05) is 19.6 Å². The molecule has 0 radical (unpaired) electrons. The van der Waals surface area contributed by atoms with Crippen LogP contribution in [0.1, 0.15) is 32.1 Å². The molecule has 1 fully saturated rings. The summed E-state index contributed by atoms with van der Waals surface area (Å²) in [5, 5.41) is 3.40. The molecule has 1 saturated heterocycles. The van der Waals surface area contributed by atoms with Crippen LogP contribution in [0.15, 0.2) is 0 Å². The van der Waals surface area contributed by atoms with Crippen molar-refractivity contribution in [1.29, 1.82) is 0 Å². The zero-order valence-electron chi connectivity index (χ0n) is 9.34. The molecule has 0 aromatic rings. The van der Waals surface area contributed by atoms with Crippen LogP contribution in [-0.2, 0) is 9.53 Å². The molecule has 0 aromatic heterocycles. The van der Waals surface area contributed by atoms with Gasteiger partial charge in [-0.1, -0.05) is 0 Å². The molecule has 1 unspecified atom stereocenters. The third kappa shape index (κ3) is 6.47. The Bertz CT molecular complexity index is 179. The molecular weight excluding hydrogens is 192 g/mol. The monoisotopic (exact) mass is 214 g/mol. The van der Waals surface area contributed by atoms with Crippen LogP contribution in [0, 0.1) is 5.92 Å². The maximum atomic E-state index is 10.5. The zero-order chi connectivity index (χ0) is 10.9. The molecule has 88 valence electrons. The fourth-order valence-electron chi connectivity index (χ4n) is 1.82. The molecular formula is C11H22N2O2. The van der Waals surface area contributed by atoms with Crippen LogP contribution >= 0.6 is 0 Å². The van der Waals surface area contributed by atoms with Gasteiger partial charge < -0.3 is 15.8 Å². The maximum Gasteiger partial charge on any atom is 0.217 e. The number of rotatable bonds is 7. The van der Waals surface area contributed by atoms with Gasteiger partial charge in [-0.3, -0.25) is 4.79 Å². The Hall–Kier alpha value is -0.610. The van der Waals surface area contributed by atoms with Gasteiger partial charge in [-0.2, -0.15) is 0 Å². The first-order chi connectivity index (χ1) is 7.29. The van der Waals surface area contributed by atoms with E-state index in [-0.39, 0.29) is 5.91 Å². The SMILES string of the molecule is NC(=O)CCCCNCC1CCCOC1. The van der Waals surface area contributed by atoms with Crippen LogP contribution in [-0.4, -0.2) is 32.2 Å². The smallest absolute Gasteiger partial charge is 0.217 e. The summed E-state index contributed by atoms with van der Waals surface area (Å²) < 4.78 is 5.39. The first-order valence-electron chi connectivity index (χ1n) is 5.86. The Morgan fingerprint density at radius 1 is 1.47 bits per heavy atom. The molecule has 1 rings (SSSR count). The Labute approximate surface area is 91.5 Å². The number of primary amides is 1. The Kier molecular flexibility index (Phi) is 6.36. The van der Waals surface area contributed by atoms with E-state index >= 15 is 0 Å². The summed E-state index contributed by atoms with van der Waals surface area (Å²) in [5.74, 6) is 0.477. The summed E-state index contributed by atoms with van der Waals surface area (Å²) >= 11 is 0. The van der Waals surface area contributed by atoms with Gasteiger partial charge in [-0.15, -0.1) is 0 Å². The van der Waals surface area contributed by atoms with Crippen molar-refractivity contribution in [3.05, 3.63) is 0 Å². The van der Waals surface area contributed by atoms with Gasteiger partial charge >= 0.3 is 0 Å². The number of amides is 1. The molecule has 1 amide bonds. The van der Waals surface area contributed by atoms with Crippen molar-refractivity contribution in [2.45, 2.75) is 32.1 Å². The van der Waals surface area contributed by atoms with E-state index in [0.717, 1.165) is 39.1 Å². The molecule has 1 atom stereocenters. The Morgan fingerprint density at radius 2 is 2.33 bits per heavy atom. The third-order valence-corrected chi connectivity index (χ3v) is 2.71. The number of carbonyl (C=O) groups excluding carboxylic acids is 1. The molecule has 1 heterocycles. The Balaban J connectivity index is 1.85. The van der Waals surface area contributed by atoms with Gasteiger partial charge in [0.05, 0.1) is 6.61 Å². The second kappa shape index (κ2) is 7.65. The molecule has 4 heteroatoms. The normalized spacial score (nSPS) is 21.5. The largest absolute Gasteiger partial charge is 0.381 e. The quantitative estimate of drug-likeness (QED) is 0.612. The van der Waals surface area contributed by atoms with Crippen molar-refractivity contribution >= 4 is 5.91 Å². The highest BCUT2D eigenvalue weighted by Gasteiger charge is 2.12. The highest BCUT2D eigenvalue weighted by Crippen LogP contribution is 2.11.